The Labute approximate surface area is 375 Å². The first-order valence-corrected chi connectivity index (χ1v) is 22.9. The Morgan fingerprint density at radius 2 is 1.19 bits per heavy atom. The number of rotatable bonds is 4. The summed E-state index contributed by atoms with van der Waals surface area (Å²) in [5.41, 5.74) is 26.2. The average molecular weight is 825 g/mol. The fourth-order valence-electron chi connectivity index (χ4n) is 11.8. The second-order valence-corrected chi connectivity index (χ2v) is 20.6. The van der Waals surface area contributed by atoms with Crippen molar-refractivity contribution >= 4 is 62.4 Å². The molecule has 10 aromatic rings. The van der Waals surface area contributed by atoms with Gasteiger partial charge in [0, 0.05) is 60.7 Å². The Morgan fingerprint density at radius 3 is 1.89 bits per heavy atom. The van der Waals surface area contributed by atoms with E-state index in [2.05, 4.69) is 210 Å². The average Bonchev–Trinajstić information content (AvgIpc) is 3.99. The summed E-state index contributed by atoms with van der Waals surface area (Å²) in [6, 6.07) is 57.2. The van der Waals surface area contributed by atoms with Crippen molar-refractivity contribution in [2.24, 2.45) is 0 Å². The second-order valence-electron chi connectivity index (χ2n) is 20.6. The van der Waals surface area contributed by atoms with Crippen molar-refractivity contribution in [3.63, 3.8) is 0 Å². The molecule has 0 spiro atoms. The number of hydrogen-bond acceptors (Lipinski definition) is 2. The molecule has 3 aliphatic rings. The molecule has 0 fully saturated rings. The van der Waals surface area contributed by atoms with Crippen LogP contribution in [-0.4, -0.2) is 11.8 Å². The zero-order valence-electron chi connectivity index (χ0n) is 37.6. The molecule has 2 aromatic heterocycles. The van der Waals surface area contributed by atoms with Gasteiger partial charge in [-0.1, -0.05) is 157 Å². The van der Waals surface area contributed by atoms with Gasteiger partial charge in [-0.05, 0) is 121 Å². The number of hydrogen-bond donors (Lipinski definition) is 1. The first-order valence-electron chi connectivity index (χ1n) is 22.9. The van der Waals surface area contributed by atoms with E-state index in [1.807, 2.05) is 6.26 Å². The number of nitrogens with zero attached hydrogens (tertiary/aromatic N) is 1. The van der Waals surface area contributed by atoms with E-state index < -0.39 is 0 Å². The van der Waals surface area contributed by atoms with Gasteiger partial charge in [-0.2, -0.15) is 0 Å². The highest BCUT2D eigenvalue weighted by molar-refractivity contribution is 6.73. The number of nitrogens with one attached hydrogen (secondary N) is 1. The Bertz CT molecular complexity index is 3630. The van der Waals surface area contributed by atoms with Gasteiger partial charge in [-0.15, -0.1) is 0 Å². The van der Waals surface area contributed by atoms with Crippen molar-refractivity contribution < 1.29 is 4.42 Å². The highest BCUT2D eigenvalue weighted by Crippen LogP contribution is 2.54. The van der Waals surface area contributed by atoms with Crippen LogP contribution in [0.25, 0.3) is 83.0 Å². The molecule has 0 saturated heterocycles. The monoisotopic (exact) mass is 824 g/mol. The van der Waals surface area contributed by atoms with Crippen molar-refractivity contribution in [2.45, 2.75) is 64.7 Å². The summed E-state index contributed by atoms with van der Waals surface area (Å²) in [6.45, 7) is 16.4. The van der Waals surface area contributed by atoms with Crippen LogP contribution in [0.15, 0.2) is 162 Å². The van der Waals surface area contributed by atoms with E-state index in [0.29, 0.717) is 0 Å². The fourth-order valence-corrected chi connectivity index (χ4v) is 11.8. The van der Waals surface area contributed by atoms with E-state index in [9.17, 15) is 0 Å². The third kappa shape index (κ3) is 5.11. The Hall–Kier alpha value is -7.04. The fraction of sp³-hybridized carbons (Fsp3) is 0.167. The third-order valence-electron chi connectivity index (χ3n) is 15.2. The molecule has 64 heavy (non-hydrogen) atoms. The summed E-state index contributed by atoms with van der Waals surface area (Å²) in [6.07, 6.45) is 1.94. The quantitative estimate of drug-likeness (QED) is 0.179. The topological polar surface area (TPSA) is 30.1 Å². The highest BCUT2D eigenvalue weighted by Gasteiger charge is 2.39. The smallest absolute Gasteiger partial charge is 0.198 e. The molecule has 8 aromatic carbocycles. The maximum absolute atomic E-state index is 6.44. The van der Waals surface area contributed by atoms with Crippen LogP contribution in [0.1, 0.15) is 76.3 Å². The maximum atomic E-state index is 6.44. The maximum Gasteiger partial charge on any atom is 0.198 e. The summed E-state index contributed by atoms with van der Waals surface area (Å²) in [7, 11) is 0.780. The molecule has 1 N–H and O–H groups in total. The molecule has 4 heteroatoms. The first kappa shape index (κ1) is 37.5. The van der Waals surface area contributed by atoms with Crippen molar-refractivity contribution in [2.75, 3.05) is 5.32 Å². The molecule has 0 saturated carbocycles. The molecule has 3 heterocycles. The minimum absolute atomic E-state index is 0.0729. The summed E-state index contributed by atoms with van der Waals surface area (Å²) in [5, 5.41) is 7.71. The number of furan rings is 1. The molecule has 1 aliphatic heterocycles. The third-order valence-corrected chi connectivity index (χ3v) is 15.2. The van der Waals surface area contributed by atoms with Gasteiger partial charge in [0.15, 0.2) is 7.28 Å². The number of anilines is 2. The van der Waals surface area contributed by atoms with Crippen LogP contribution in [0.4, 0.5) is 11.4 Å². The Kier molecular flexibility index (Phi) is 7.50. The van der Waals surface area contributed by atoms with Gasteiger partial charge in [-0.3, -0.25) is 0 Å². The summed E-state index contributed by atoms with van der Waals surface area (Å²) < 4.78 is 9.04. The lowest BCUT2D eigenvalue weighted by Crippen LogP contribution is -2.37. The minimum Gasteiger partial charge on any atom is -0.464 e. The predicted molar refractivity (Wildman–Crippen MR) is 271 cm³/mol. The van der Waals surface area contributed by atoms with Gasteiger partial charge < -0.3 is 14.3 Å². The van der Waals surface area contributed by atoms with Crippen molar-refractivity contribution in [1.29, 1.82) is 0 Å². The Balaban J connectivity index is 1.10. The van der Waals surface area contributed by atoms with Gasteiger partial charge in [0.05, 0.1) is 11.8 Å². The van der Waals surface area contributed by atoms with E-state index in [1.54, 1.807) is 0 Å². The Morgan fingerprint density at radius 1 is 0.531 bits per heavy atom. The van der Waals surface area contributed by atoms with Crippen molar-refractivity contribution in [3.8, 4) is 50.2 Å². The van der Waals surface area contributed by atoms with E-state index in [0.717, 1.165) is 40.8 Å². The minimum atomic E-state index is -0.139. The van der Waals surface area contributed by atoms with Gasteiger partial charge in [0.1, 0.15) is 5.58 Å². The van der Waals surface area contributed by atoms with Gasteiger partial charge in [-0.25, -0.2) is 0 Å². The summed E-state index contributed by atoms with van der Waals surface area (Å²) in [4.78, 5) is 0. The van der Waals surface area contributed by atoms with Gasteiger partial charge in [0.25, 0.3) is 0 Å². The van der Waals surface area contributed by atoms with Crippen LogP contribution < -0.4 is 16.2 Å². The lowest BCUT2D eigenvalue weighted by molar-refractivity contribution is 0.590. The van der Waals surface area contributed by atoms with Crippen molar-refractivity contribution in [3.05, 3.63) is 186 Å². The van der Waals surface area contributed by atoms with Crippen molar-refractivity contribution in [1.82, 2.24) is 4.57 Å². The molecular weight excluding hydrogens is 775 g/mol. The molecule has 13 rings (SSSR count). The van der Waals surface area contributed by atoms with E-state index in [-0.39, 0.29) is 16.2 Å². The number of aromatic nitrogens is 1. The van der Waals surface area contributed by atoms with Crippen LogP contribution in [0.2, 0.25) is 0 Å². The SMILES string of the molecule is CC(C)(C)c1ccc(Nc2cc3c(cc2-c2ccc4c5cc6c(cc5n5c4c2Bc2cc4occ(-c7ccccc7)c4cc2-5)C(C)(C)c2ccccc2-6)-c2ccccc2C3(C)C)cc1. The summed E-state index contributed by atoms with van der Waals surface area (Å²) >= 11 is 0. The highest BCUT2D eigenvalue weighted by atomic mass is 16.3. The van der Waals surface area contributed by atoms with Gasteiger partial charge >= 0.3 is 0 Å². The van der Waals surface area contributed by atoms with E-state index >= 15 is 0 Å². The normalized spacial score (nSPS) is 14.9. The van der Waals surface area contributed by atoms with Crippen LogP contribution in [0, 0.1) is 0 Å². The largest absolute Gasteiger partial charge is 0.464 e. The molecular formula is C60H49BN2O. The first-order chi connectivity index (χ1) is 30.9. The zero-order chi connectivity index (χ0) is 43.4. The molecule has 2 aliphatic carbocycles. The van der Waals surface area contributed by atoms with Crippen LogP contribution in [0.3, 0.4) is 0 Å². The lowest BCUT2D eigenvalue weighted by atomic mass is 9.59. The standard InChI is InChI=1S/C60H49BN2O/c1-58(2,3)35-21-23-36(24-22-35)62-52-30-49-41(37-17-11-13-19-47(37)59(49,4)5)27-43(52)39-25-26-40-44-28-42-38-18-12-14-20-48(38)60(6,7)50(42)31-53(44)63-54-29-45-46(34-15-9-8-10-16-34)33-64-55(45)32-51(54)61-56(39)57(40)63/h8-33,61-62H,1-7H3. The molecule has 0 unspecified atom stereocenters. The molecule has 0 bridgehead atoms. The predicted octanol–water partition coefficient (Wildman–Crippen LogP) is 14.2. The number of benzene rings is 8. The van der Waals surface area contributed by atoms with Crippen LogP contribution in [-0.2, 0) is 16.2 Å². The van der Waals surface area contributed by atoms with Crippen LogP contribution >= 0.6 is 0 Å². The lowest BCUT2D eigenvalue weighted by Gasteiger charge is -2.26. The summed E-state index contributed by atoms with van der Waals surface area (Å²) in [5.74, 6) is 0. The molecule has 0 atom stereocenters. The molecule has 0 radical (unpaired) electrons. The number of fused-ring (bicyclic) bond motifs is 12. The zero-order valence-corrected chi connectivity index (χ0v) is 37.6. The van der Waals surface area contributed by atoms with Crippen LogP contribution in [0.5, 0.6) is 0 Å². The van der Waals surface area contributed by atoms with E-state index in [4.69, 9.17) is 4.42 Å². The van der Waals surface area contributed by atoms with Gasteiger partial charge in [0.2, 0.25) is 0 Å². The molecule has 3 nitrogen and oxygen atoms in total. The molecule has 0 amide bonds. The second kappa shape index (κ2) is 12.8. The van der Waals surface area contributed by atoms with E-state index in [1.165, 1.54) is 99.6 Å². The molecule has 308 valence electrons.